The second-order valence-electron chi connectivity index (χ2n) is 2.45. The maximum absolute atomic E-state index is 10.7. The van der Waals surface area contributed by atoms with Crippen molar-refractivity contribution in [2.24, 2.45) is 5.16 Å². The van der Waals surface area contributed by atoms with E-state index in [0.29, 0.717) is 5.71 Å². The fourth-order valence-electron chi connectivity index (χ4n) is 0.968. The molecule has 1 unspecified atom stereocenters. The van der Waals surface area contributed by atoms with Gasteiger partial charge in [-0.1, -0.05) is 23.4 Å². The summed E-state index contributed by atoms with van der Waals surface area (Å²) in [6.07, 6.45) is 6.92. The molecule has 0 aromatic carbocycles. The summed E-state index contributed by atoms with van der Waals surface area (Å²) in [5.41, 5.74) is 0.438. The second-order valence-corrected chi connectivity index (χ2v) is 2.45. The van der Waals surface area contributed by atoms with Crippen LogP contribution in [0.1, 0.15) is 6.92 Å². The third-order valence-electron chi connectivity index (χ3n) is 1.47. The van der Waals surface area contributed by atoms with Gasteiger partial charge in [-0.25, -0.2) is 0 Å². The molecule has 0 aliphatic heterocycles. The molecule has 64 valence electrons. The first kappa shape index (κ1) is 8.52. The maximum Gasteiger partial charge on any atom is 0.217 e. The number of carbonyl (C=O) groups excluding carboxylic acids is 1. The molecule has 2 N–H and O–H groups in total. The molecule has 0 aromatic heterocycles. The van der Waals surface area contributed by atoms with Gasteiger partial charge in [0.2, 0.25) is 5.91 Å². The van der Waals surface area contributed by atoms with Crippen molar-refractivity contribution in [2.75, 3.05) is 0 Å². The van der Waals surface area contributed by atoms with Crippen LogP contribution < -0.4 is 5.32 Å². The van der Waals surface area contributed by atoms with Crippen molar-refractivity contribution in [2.45, 2.75) is 13.0 Å². The number of nitrogens with zero attached hydrogens (tertiary/aromatic N) is 1. The molecule has 4 heteroatoms. The summed E-state index contributed by atoms with van der Waals surface area (Å²) in [6, 6.07) is -0.308. The minimum Gasteiger partial charge on any atom is -0.411 e. The van der Waals surface area contributed by atoms with Crippen LogP contribution in [-0.2, 0) is 4.79 Å². The Morgan fingerprint density at radius 3 is 3.00 bits per heavy atom. The molecule has 1 aliphatic carbocycles. The van der Waals surface area contributed by atoms with E-state index < -0.39 is 0 Å². The fraction of sp³-hybridized carbons (Fsp3) is 0.250. The number of allylic oxidation sites excluding steroid dienone is 2. The van der Waals surface area contributed by atoms with Gasteiger partial charge in [-0.3, -0.25) is 4.79 Å². The van der Waals surface area contributed by atoms with Crippen molar-refractivity contribution in [1.82, 2.24) is 5.32 Å². The Balaban J connectivity index is 2.70. The van der Waals surface area contributed by atoms with Crippen LogP contribution in [0.25, 0.3) is 0 Å². The predicted molar refractivity (Wildman–Crippen MR) is 45.1 cm³/mol. The molecule has 0 fully saturated rings. The molecule has 0 radical (unpaired) electrons. The number of rotatable bonds is 1. The molecular formula is C8H10N2O2. The van der Waals surface area contributed by atoms with Crippen LogP contribution in [0.2, 0.25) is 0 Å². The quantitative estimate of drug-likeness (QED) is 0.438. The van der Waals surface area contributed by atoms with Crippen LogP contribution in [0.5, 0.6) is 0 Å². The summed E-state index contributed by atoms with van der Waals surface area (Å²) in [6.45, 7) is 1.42. The van der Waals surface area contributed by atoms with E-state index in [1.807, 2.05) is 0 Å². The van der Waals surface area contributed by atoms with E-state index >= 15 is 0 Å². The molecule has 0 spiro atoms. The topological polar surface area (TPSA) is 61.7 Å². The molecule has 4 nitrogen and oxygen atoms in total. The highest BCUT2D eigenvalue weighted by Crippen LogP contribution is 2.00. The van der Waals surface area contributed by atoms with Crippen molar-refractivity contribution in [3.63, 3.8) is 0 Å². The highest BCUT2D eigenvalue weighted by Gasteiger charge is 2.13. The summed E-state index contributed by atoms with van der Waals surface area (Å²) in [5.74, 6) is -0.152. The van der Waals surface area contributed by atoms with Gasteiger partial charge in [-0.2, -0.15) is 0 Å². The summed E-state index contributed by atoms with van der Waals surface area (Å²) >= 11 is 0. The number of nitrogens with one attached hydrogen (secondary N) is 1. The number of amides is 1. The van der Waals surface area contributed by atoms with Gasteiger partial charge in [0.05, 0.1) is 6.04 Å². The third kappa shape index (κ3) is 1.95. The molecule has 0 aromatic rings. The third-order valence-corrected chi connectivity index (χ3v) is 1.47. The predicted octanol–water partition coefficient (Wildman–Crippen LogP) is 0.447. The Morgan fingerprint density at radius 1 is 1.67 bits per heavy atom. The first-order valence-electron chi connectivity index (χ1n) is 3.58. The summed E-state index contributed by atoms with van der Waals surface area (Å²) in [7, 11) is 0. The van der Waals surface area contributed by atoms with Gasteiger partial charge in [0, 0.05) is 6.92 Å². The van der Waals surface area contributed by atoms with Crippen LogP contribution in [0, 0.1) is 0 Å². The zero-order chi connectivity index (χ0) is 8.97. The van der Waals surface area contributed by atoms with E-state index in [9.17, 15) is 4.79 Å². The SMILES string of the molecule is CC(=O)NC1C=CC=CC1=NO. The van der Waals surface area contributed by atoms with Crippen molar-refractivity contribution in [1.29, 1.82) is 0 Å². The zero-order valence-corrected chi connectivity index (χ0v) is 6.69. The Bertz CT molecular complexity index is 266. The zero-order valence-electron chi connectivity index (χ0n) is 6.69. The molecule has 0 bridgehead atoms. The summed E-state index contributed by atoms with van der Waals surface area (Å²) in [4.78, 5) is 10.7. The van der Waals surface area contributed by atoms with Gasteiger partial charge in [0.25, 0.3) is 0 Å². The Labute approximate surface area is 70.3 Å². The maximum atomic E-state index is 10.7. The van der Waals surface area contributed by atoms with Crippen LogP contribution in [0.15, 0.2) is 29.5 Å². The van der Waals surface area contributed by atoms with E-state index in [-0.39, 0.29) is 11.9 Å². The number of hydrogen-bond donors (Lipinski definition) is 2. The fourth-order valence-corrected chi connectivity index (χ4v) is 0.968. The lowest BCUT2D eigenvalue weighted by Crippen LogP contribution is -2.38. The second kappa shape index (κ2) is 3.71. The highest BCUT2D eigenvalue weighted by atomic mass is 16.4. The molecule has 0 saturated carbocycles. The van der Waals surface area contributed by atoms with Crippen LogP contribution in [0.3, 0.4) is 0 Å². The number of oxime groups is 1. The summed E-state index contributed by atoms with van der Waals surface area (Å²) in [5, 5.41) is 14.2. The molecule has 0 saturated heterocycles. The summed E-state index contributed by atoms with van der Waals surface area (Å²) < 4.78 is 0. The lowest BCUT2D eigenvalue weighted by molar-refractivity contribution is -0.119. The lowest BCUT2D eigenvalue weighted by Gasteiger charge is -2.14. The van der Waals surface area contributed by atoms with E-state index in [1.165, 1.54) is 6.92 Å². The average molecular weight is 166 g/mol. The van der Waals surface area contributed by atoms with E-state index in [0.717, 1.165) is 0 Å². The number of hydrogen-bond acceptors (Lipinski definition) is 3. The molecule has 1 rings (SSSR count). The molecule has 1 amide bonds. The van der Waals surface area contributed by atoms with Gasteiger partial charge < -0.3 is 10.5 Å². The van der Waals surface area contributed by atoms with Crippen LogP contribution >= 0.6 is 0 Å². The van der Waals surface area contributed by atoms with E-state index in [4.69, 9.17) is 5.21 Å². The molecule has 0 heterocycles. The molecule has 1 aliphatic rings. The highest BCUT2D eigenvalue weighted by molar-refractivity contribution is 6.03. The minimum absolute atomic E-state index is 0.152. The largest absolute Gasteiger partial charge is 0.411 e. The Morgan fingerprint density at radius 2 is 2.42 bits per heavy atom. The van der Waals surface area contributed by atoms with Crippen molar-refractivity contribution in [3.05, 3.63) is 24.3 Å². The van der Waals surface area contributed by atoms with Crippen LogP contribution in [-0.4, -0.2) is 22.9 Å². The molecule has 12 heavy (non-hydrogen) atoms. The van der Waals surface area contributed by atoms with Gasteiger partial charge >= 0.3 is 0 Å². The monoisotopic (exact) mass is 166 g/mol. The standard InChI is InChI=1S/C8H10N2O2/c1-6(11)9-7-4-2-3-5-8(7)10-12/h2-5,7,12H,1H3,(H,9,11). The van der Waals surface area contributed by atoms with Crippen molar-refractivity contribution >= 4 is 11.6 Å². The first-order chi connectivity index (χ1) is 5.74. The average Bonchev–Trinajstić information content (AvgIpc) is 2.04. The molecular weight excluding hydrogens is 156 g/mol. The lowest BCUT2D eigenvalue weighted by atomic mass is 10.1. The first-order valence-corrected chi connectivity index (χ1v) is 3.58. The van der Waals surface area contributed by atoms with E-state index in [2.05, 4.69) is 10.5 Å². The number of carbonyl (C=O) groups is 1. The van der Waals surface area contributed by atoms with Gasteiger partial charge in [0.15, 0.2) is 0 Å². The van der Waals surface area contributed by atoms with Gasteiger partial charge in [0.1, 0.15) is 5.71 Å². The van der Waals surface area contributed by atoms with Gasteiger partial charge in [-0.15, -0.1) is 0 Å². The van der Waals surface area contributed by atoms with Gasteiger partial charge in [-0.05, 0) is 6.08 Å². The van der Waals surface area contributed by atoms with Crippen LogP contribution in [0.4, 0.5) is 0 Å². The Hall–Kier alpha value is -1.58. The smallest absolute Gasteiger partial charge is 0.217 e. The molecule has 1 atom stereocenters. The van der Waals surface area contributed by atoms with E-state index in [1.54, 1.807) is 24.3 Å². The van der Waals surface area contributed by atoms with Crippen molar-refractivity contribution < 1.29 is 10.0 Å². The van der Waals surface area contributed by atoms with Crippen molar-refractivity contribution in [3.8, 4) is 0 Å². The normalized spacial score (nSPS) is 24.4. The minimum atomic E-state index is -0.308. The Kier molecular flexibility index (Phi) is 2.63.